The maximum absolute atomic E-state index is 13.4. The summed E-state index contributed by atoms with van der Waals surface area (Å²) in [5.41, 5.74) is 3.95. The van der Waals surface area contributed by atoms with Crippen LogP contribution in [0.3, 0.4) is 0 Å². The van der Waals surface area contributed by atoms with Gasteiger partial charge in [0, 0.05) is 43.2 Å². The molecular formula is C28H29N7O2. The first-order valence-electron chi connectivity index (χ1n) is 12.8. The first-order chi connectivity index (χ1) is 18.3. The van der Waals surface area contributed by atoms with Crippen LogP contribution in [0.25, 0.3) is 22.5 Å². The molecule has 2 saturated heterocycles. The number of benzene rings is 2. The number of morpholine rings is 1. The molecule has 0 spiro atoms. The van der Waals surface area contributed by atoms with Crippen molar-refractivity contribution in [3.05, 3.63) is 78.9 Å². The van der Waals surface area contributed by atoms with Crippen molar-refractivity contribution in [1.82, 2.24) is 29.6 Å². The van der Waals surface area contributed by atoms with E-state index in [1.54, 1.807) is 0 Å². The SMILES string of the molecule is O=C(N1CCCC[C@@H]1c1ccccc1)n1cnc(-c2ccc(-c3cnc(N4CCOCC4)nc3)cc2)n1. The van der Waals surface area contributed by atoms with Gasteiger partial charge in [0.25, 0.3) is 0 Å². The summed E-state index contributed by atoms with van der Waals surface area (Å²) in [5.74, 6) is 1.25. The summed E-state index contributed by atoms with van der Waals surface area (Å²) in [4.78, 5) is 30.9. The van der Waals surface area contributed by atoms with Crippen LogP contribution >= 0.6 is 0 Å². The molecule has 4 heterocycles. The van der Waals surface area contributed by atoms with E-state index in [-0.39, 0.29) is 12.1 Å². The van der Waals surface area contributed by atoms with Crippen LogP contribution in [0.15, 0.2) is 73.3 Å². The van der Waals surface area contributed by atoms with Gasteiger partial charge in [-0.15, -0.1) is 5.10 Å². The number of nitrogens with zero attached hydrogens (tertiary/aromatic N) is 7. The number of amides is 1. The number of carbonyl (C=O) groups excluding carboxylic acids is 1. The monoisotopic (exact) mass is 495 g/mol. The van der Waals surface area contributed by atoms with Gasteiger partial charge in [-0.2, -0.15) is 4.68 Å². The van der Waals surface area contributed by atoms with Gasteiger partial charge in [0.2, 0.25) is 5.95 Å². The van der Waals surface area contributed by atoms with Crippen LogP contribution < -0.4 is 4.90 Å². The lowest BCUT2D eigenvalue weighted by Crippen LogP contribution is -2.41. The number of hydrogen-bond donors (Lipinski definition) is 0. The van der Waals surface area contributed by atoms with Crippen molar-refractivity contribution in [1.29, 1.82) is 0 Å². The second-order valence-electron chi connectivity index (χ2n) is 9.36. The van der Waals surface area contributed by atoms with Gasteiger partial charge >= 0.3 is 6.03 Å². The van der Waals surface area contributed by atoms with Gasteiger partial charge in [-0.1, -0.05) is 54.6 Å². The van der Waals surface area contributed by atoms with Crippen molar-refractivity contribution in [3.8, 4) is 22.5 Å². The van der Waals surface area contributed by atoms with Gasteiger partial charge in [-0.3, -0.25) is 0 Å². The molecule has 2 aliphatic rings. The van der Waals surface area contributed by atoms with Crippen LogP contribution in [-0.4, -0.2) is 68.5 Å². The van der Waals surface area contributed by atoms with E-state index in [0.717, 1.165) is 60.6 Å². The van der Waals surface area contributed by atoms with Gasteiger partial charge in [-0.25, -0.2) is 19.7 Å². The number of likely N-dealkylation sites (tertiary alicyclic amines) is 1. The van der Waals surface area contributed by atoms with E-state index < -0.39 is 0 Å². The summed E-state index contributed by atoms with van der Waals surface area (Å²) in [7, 11) is 0. The Labute approximate surface area is 215 Å². The molecule has 9 nitrogen and oxygen atoms in total. The Bertz CT molecular complexity index is 1330. The summed E-state index contributed by atoms with van der Waals surface area (Å²) < 4.78 is 6.76. The Hall–Kier alpha value is -4.11. The highest BCUT2D eigenvalue weighted by molar-refractivity contribution is 5.77. The molecule has 4 aromatic rings. The van der Waals surface area contributed by atoms with Crippen LogP contribution in [0, 0.1) is 0 Å². The second-order valence-corrected chi connectivity index (χ2v) is 9.36. The minimum absolute atomic E-state index is 0.0613. The average Bonchev–Trinajstić information content (AvgIpc) is 3.48. The van der Waals surface area contributed by atoms with E-state index in [2.05, 4.69) is 37.1 Å². The molecule has 0 radical (unpaired) electrons. The predicted octanol–water partition coefficient (Wildman–Crippen LogP) is 4.43. The molecular weight excluding hydrogens is 466 g/mol. The third-order valence-electron chi connectivity index (χ3n) is 7.03. The molecule has 0 unspecified atom stereocenters. The van der Waals surface area contributed by atoms with Crippen molar-refractivity contribution in [2.24, 2.45) is 0 Å². The summed E-state index contributed by atoms with van der Waals surface area (Å²) in [6.07, 6.45) is 8.27. The highest BCUT2D eigenvalue weighted by Crippen LogP contribution is 2.31. The maximum Gasteiger partial charge on any atom is 0.346 e. The number of carbonyl (C=O) groups is 1. The lowest BCUT2D eigenvalue weighted by molar-refractivity contribution is 0.122. The minimum Gasteiger partial charge on any atom is -0.378 e. The smallest absolute Gasteiger partial charge is 0.346 e. The second kappa shape index (κ2) is 10.5. The molecule has 9 heteroatoms. The molecule has 2 aromatic carbocycles. The van der Waals surface area contributed by atoms with E-state index in [1.807, 2.05) is 59.8 Å². The van der Waals surface area contributed by atoms with Crippen LogP contribution in [0.1, 0.15) is 30.9 Å². The quantitative estimate of drug-likeness (QED) is 0.414. The highest BCUT2D eigenvalue weighted by atomic mass is 16.5. The molecule has 0 aliphatic carbocycles. The topological polar surface area (TPSA) is 89.3 Å². The first-order valence-corrected chi connectivity index (χ1v) is 12.8. The molecule has 0 bridgehead atoms. The van der Waals surface area contributed by atoms with E-state index in [4.69, 9.17) is 4.74 Å². The van der Waals surface area contributed by atoms with Gasteiger partial charge in [0.1, 0.15) is 6.33 Å². The van der Waals surface area contributed by atoms with Crippen molar-refractivity contribution in [3.63, 3.8) is 0 Å². The van der Waals surface area contributed by atoms with Gasteiger partial charge in [-0.05, 0) is 30.4 Å². The fraction of sp³-hybridized carbons (Fsp3) is 0.321. The molecule has 2 aromatic heterocycles. The molecule has 0 saturated carbocycles. The van der Waals surface area contributed by atoms with Crippen molar-refractivity contribution in [2.45, 2.75) is 25.3 Å². The van der Waals surface area contributed by atoms with Crippen LogP contribution in [-0.2, 0) is 4.74 Å². The molecule has 0 N–H and O–H groups in total. The molecule has 6 rings (SSSR count). The Morgan fingerprint density at radius 3 is 2.30 bits per heavy atom. The van der Waals surface area contributed by atoms with E-state index in [1.165, 1.54) is 11.0 Å². The van der Waals surface area contributed by atoms with Crippen LogP contribution in [0.4, 0.5) is 10.7 Å². The number of hydrogen-bond acceptors (Lipinski definition) is 7. The minimum atomic E-state index is -0.138. The van der Waals surface area contributed by atoms with Crippen molar-refractivity contribution >= 4 is 12.0 Å². The predicted molar refractivity (Wildman–Crippen MR) is 140 cm³/mol. The molecule has 2 fully saturated rings. The number of rotatable bonds is 4. The number of aromatic nitrogens is 5. The summed E-state index contributed by atoms with van der Waals surface area (Å²) in [5, 5.41) is 4.52. The summed E-state index contributed by atoms with van der Waals surface area (Å²) in [6.45, 7) is 3.73. The first kappa shape index (κ1) is 23.3. The number of ether oxygens (including phenoxy) is 1. The summed E-state index contributed by atoms with van der Waals surface area (Å²) >= 11 is 0. The zero-order valence-electron chi connectivity index (χ0n) is 20.6. The van der Waals surface area contributed by atoms with Crippen LogP contribution in [0.2, 0.25) is 0 Å². The Morgan fingerprint density at radius 2 is 1.54 bits per heavy atom. The standard InChI is InChI=1S/C28H29N7O2/c36-28(34-13-5-4-8-25(34)22-6-2-1-3-7-22)35-20-31-26(32-35)23-11-9-21(10-12-23)24-18-29-27(30-19-24)33-14-16-37-17-15-33/h1-3,6-7,9-12,18-20,25H,4-5,8,13-17H2/t25-/m1/s1. The Kier molecular flexibility index (Phi) is 6.60. The molecule has 188 valence electrons. The lowest BCUT2D eigenvalue weighted by Gasteiger charge is -2.35. The normalized spacial score (nSPS) is 18.1. The zero-order valence-corrected chi connectivity index (χ0v) is 20.6. The molecule has 37 heavy (non-hydrogen) atoms. The maximum atomic E-state index is 13.4. The fourth-order valence-electron chi connectivity index (χ4n) is 5.01. The molecule has 2 aliphatic heterocycles. The third kappa shape index (κ3) is 4.95. The van der Waals surface area contributed by atoms with Gasteiger partial charge < -0.3 is 14.5 Å². The number of anilines is 1. The van der Waals surface area contributed by atoms with Crippen molar-refractivity contribution < 1.29 is 9.53 Å². The molecule has 1 amide bonds. The lowest BCUT2D eigenvalue weighted by atomic mass is 9.96. The van der Waals surface area contributed by atoms with Crippen molar-refractivity contribution in [2.75, 3.05) is 37.7 Å². The molecule has 1 atom stereocenters. The fourth-order valence-corrected chi connectivity index (χ4v) is 5.01. The van der Waals surface area contributed by atoms with E-state index in [9.17, 15) is 4.79 Å². The Balaban J connectivity index is 1.16. The summed E-state index contributed by atoms with van der Waals surface area (Å²) in [6, 6.07) is 18.1. The number of piperidine rings is 1. The van der Waals surface area contributed by atoms with Crippen LogP contribution in [0.5, 0.6) is 0 Å². The average molecular weight is 496 g/mol. The zero-order chi connectivity index (χ0) is 25.0. The van der Waals surface area contributed by atoms with Gasteiger partial charge in [0.15, 0.2) is 5.82 Å². The highest BCUT2D eigenvalue weighted by Gasteiger charge is 2.29. The van der Waals surface area contributed by atoms with E-state index in [0.29, 0.717) is 25.6 Å². The van der Waals surface area contributed by atoms with E-state index >= 15 is 0 Å². The Morgan fingerprint density at radius 1 is 0.811 bits per heavy atom. The third-order valence-corrected chi connectivity index (χ3v) is 7.03. The largest absolute Gasteiger partial charge is 0.378 e. The van der Waals surface area contributed by atoms with Gasteiger partial charge in [0.05, 0.1) is 19.3 Å².